The number of nitrogens with one attached hydrogen (secondary N) is 2. The summed E-state index contributed by atoms with van der Waals surface area (Å²) in [4.78, 5) is 19.0. The largest absolute Gasteiger partial charge is 0.497 e. The third-order valence-electron chi connectivity index (χ3n) is 6.08. The second kappa shape index (κ2) is 8.30. The van der Waals surface area contributed by atoms with E-state index in [-0.39, 0.29) is 12.1 Å². The molecule has 2 amide bonds. The molecule has 4 aromatic rings. The molecule has 0 radical (unpaired) electrons. The van der Waals surface area contributed by atoms with Crippen LogP contribution in [0.2, 0.25) is 0 Å². The first kappa shape index (κ1) is 20.0. The average Bonchev–Trinajstić information content (AvgIpc) is 3.22. The Kier molecular flexibility index (Phi) is 5.19. The van der Waals surface area contributed by atoms with Crippen LogP contribution in [0.3, 0.4) is 0 Å². The molecule has 3 aromatic carbocycles. The first-order chi connectivity index (χ1) is 15.7. The summed E-state index contributed by atoms with van der Waals surface area (Å²) in [6, 6.07) is 23.2. The van der Waals surface area contributed by atoms with E-state index in [0.29, 0.717) is 18.0 Å². The lowest BCUT2D eigenvalue weighted by Crippen LogP contribution is -2.43. The minimum Gasteiger partial charge on any atom is -0.497 e. The van der Waals surface area contributed by atoms with Crippen molar-refractivity contribution in [3.8, 4) is 11.5 Å². The van der Waals surface area contributed by atoms with Gasteiger partial charge in [0.15, 0.2) is 0 Å². The molecule has 2 N–H and O–H groups in total. The summed E-state index contributed by atoms with van der Waals surface area (Å²) in [6.07, 6.45) is 0.783. The van der Waals surface area contributed by atoms with Gasteiger partial charge in [0.05, 0.1) is 25.9 Å². The highest BCUT2D eigenvalue weighted by Gasteiger charge is 2.34. The fourth-order valence-corrected chi connectivity index (χ4v) is 4.53. The number of H-pyrrole nitrogens is 1. The Labute approximate surface area is 186 Å². The highest BCUT2D eigenvalue weighted by Crippen LogP contribution is 2.39. The first-order valence-corrected chi connectivity index (χ1v) is 10.6. The van der Waals surface area contributed by atoms with Gasteiger partial charge in [-0.1, -0.05) is 42.5 Å². The summed E-state index contributed by atoms with van der Waals surface area (Å²) >= 11 is 0. The molecule has 0 bridgehead atoms. The van der Waals surface area contributed by atoms with Crippen LogP contribution in [0, 0.1) is 0 Å². The summed E-state index contributed by atoms with van der Waals surface area (Å²) < 4.78 is 10.8. The predicted molar refractivity (Wildman–Crippen MR) is 126 cm³/mol. The maximum atomic E-state index is 13.5. The molecule has 6 heteroatoms. The van der Waals surface area contributed by atoms with Crippen molar-refractivity contribution >= 4 is 22.6 Å². The highest BCUT2D eigenvalue weighted by atomic mass is 16.5. The van der Waals surface area contributed by atoms with E-state index in [2.05, 4.69) is 28.5 Å². The number of carbonyl (C=O) groups excluding carboxylic acids is 1. The third kappa shape index (κ3) is 3.43. The van der Waals surface area contributed by atoms with Crippen molar-refractivity contribution in [2.75, 3.05) is 26.1 Å². The number of amides is 2. The Morgan fingerprint density at radius 1 is 0.969 bits per heavy atom. The van der Waals surface area contributed by atoms with E-state index in [0.717, 1.165) is 28.9 Å². The Morgan fingerprint density at radius 3 is 2.50 bits per heavy atom. The first-order valence-electron chi connectivity index (χ1n) is 10.6. The van der Waals surface area contributed by atoms with Gasteiger partial charge in [0.25, 0.3) is 0 Å². The van der Waals surface area contributed by atoms with E-state index in [9.17, 15) is 4.79 Å². The number of carbonyl (C=O) groups is 1. The Hall–Kier alpha value is -3.93. The number of aromatic nitrogens is 1. The molecule has 0 spiro atoms. The average molecular weight is 428 g/mol. The van der Waals surface area contributed by atoms with E-state index in [4.69, 9.17) is 9.47 Å². The van der Waals surface area contributed by atoms with Crippen molar-refractivity contribution in [1.29, 1.82) is 0 Å². The monoisotopic (exact) mass is 427 g/mol. The Morgan fingerprint density at radius 2 is 1.72 bits per heavy atom. The van der Waals surface area contributed by atoms with E-state index >= 15 is 0 Å². The van der Waals surface area contributed by atoms with Crippen LogP contribution in [0.15, 0.2) is 72.8 Å². The molecule has 0 unspecified atom stereocenters. The van der Waals surface area contributed by atoms with Crippen LogP contribution in [-0.4, -0.2) is 36.7 Å². The Balaban J connectivity index is 1.57. The van der Waals surface area contributed by atoms with Crippen molar-refractivity contribution in [2.24, 2.45) is 0 Å². The second-order valence-electron chi connectivity index (χ2n) is 7.81. The maximum absolute atomic E-state index is 13.5. The van der Waals surface area contributed by atoms with Gasteiger partial charge in [-0.15, -0.1) is 0 Å². The van der Waals surface area contributed by atoms with E-state index < -0.39 is 0 Å². The van der Waals surface area contributed by atoms with Gasteiger partial charge in [-0.3, -0.25) is 0 Å². The third-order valence-corrected chi connectivity index (χ3v) is 6.08. The lowest BCUT2D eigenvalue weighted by atomic mass is 9.92. The normalized spacial score (nSPS) is 15.3. The number of nitrogens with zero attached hydrogens (tertiary/aromatic N) is 1. The fraction of sp³-hybridized carbons (Fsp3) is 0.192. The molecular weight excluding hydrogens is 402 g/mol. The number of aromatic amines is 1. The van der Waals surface area contributed by atoms with Crippen LogP contribution in [0.1, 0.15) is 22.9 Å². The summed E-state index contributed by atoms with van der Waals surface area (Å²) in [7, 11) is 3.25. The topological polar surface area (TPSA) is 66.6 Å². The molecule has 32 heavy (non-hydrogen) atoms. The highest BCUT2D eigenvalue weighted by molar-refractivity contribution is 5.92. The van der Waals surface area contributed by atoms with Crippen molar-refractivity contribution < 1.29 is 14.3 Å². The molecule has 1 atom stereocenters. The quantitative estimate of drug-likeness (QED) is 0.460. The molecule has 0 aliphatic carbocycles. The molecule has 0 fully saturated rings. The van der Waals surface area contributed by atoms with Gasteiger partial charge in [-0.2, -0.15) is 0 Å². The molecule has 1 aliphatic heterocycles. The predicted octanol–water partition coefficient (Wildman–Crippen LogP) is 5.36. The fourth-order valence-electron chi connectivity index (χ4n) is 4.53. The van der Waals surface area contributed by atoms with Crippen molar-refractivity contribution in [1.82, 2.24) is 9.88 Å². The number of benzene rings is 3. The van der Waals surface area contributed by atoms with Crippen LogP contribution in [-0.2, 0) is 6.42 Å². The lowest BCUT2D eigenvalue weighted by Gasteiger charge is -2.36. The molecular formula is C26H25N3O3. The number of ether oxygens (including phenoxy) is 2. The molecule has 5 rings (SSSR count). The number of para-hydroxylation sites is 3. The SMILES string of the molecule is COc1ccc([C@@H]2c3[nH]c4ccccc4c3CCN2C(=O)Nc2ccccc2OC)cc1. The molecule has 1 aromatic heterocycles. The van der Waals surface area contributed by atoms with Crippen molar-refractivity contribution in [2.45, 2.75) is 12.5 Å². The van der Waals surface area contributed by atoms with E-state index in [1.165, 1.54) is 10.9 Å². The number of hydrogen-bond donors (Lipinski definition) is 2. The molecule has 1 aliphatic rings. The maximum Gasteiger partial charge on any atom is 0.322 e. The van der Waals surface area contributed by atoms with Crippen LogP contribution in [0.4, 0.5) is 10.5 Å². The molecule has 162 valence electrons. The number of rotatable bonds is 4. The summed E-state index contributed by atoms with van der Waals surface area (Å²) in [6.45, 7) is 0.604. The minimum atomic E-state index is -0.244. The number of anilines is 1. The number of methoxy groups -OCH3 is 2. The van der Waals surface area contributed by atoms with Crippen LogP contribution >= 0.6 is 0 Å². The van der Waals surface area contributed by atoms with Crippen LogP contribution in [0.5, 0.6) is 11.5 Å². The van der Waals surface area contributed by atoms with Crippen molar-refractivity contribution in [3.05, 3.63) is 89.6 Å². The van der Waals surface area contributed by atoms with Gasteiger partial charge in [-0.05, 0) is 47.9 Å². The van der Waals surface area contributed by atoms with Gasteiger partial charge < -0.3 is 24.7 Å². The number of urea groups is 1. The standard InChI is InChI=1S/C26H25N3O3/c1-31-18-13-11-17(12-14-18)25-24-20(19-7-3-4-8-21(19)27-24)15-16-29(25)26(30)28-22-9-5-6-10-23(22)32-2/h3-14,25,27H,15-16H2,1-2H3,(H,28,30)/t25-/m1/s1. The molecule has 6 nitrogen and oxygen atoms in total. The van der Waals surface area contributed by atoms with Crippen LogP contribution < -0.4 is 14.8 Å². The molecule has 0 saturated carbocycles. The van der Waals surface area contributed by atoms with Crippen LogP contribution in [0.25, 0.3) is 10.9 Å². The zero-order chi connectivity index (χ0) is 22.1. The van der Waals surface area contributed by atoms with Gasteiger partial charge >= 0.3 is 6.03 Å². The summed E-state index contributed by atoms with van der Waals surface area (Å²) in [5.74, 6) is 1.41. The number of fused-ring (bicyclic) bond motifs is 3. The lowest BCUT2D eigenvalue weighted by molar-refractivity contribution is 0.193. The van der Waals surface area contributed by atoms with Gasteiger partial charge in [0.2, 0.25) is 0 Å². The molecule has 0 saturated heterocycles. The van der Waals surface area contributed by atoms with Gasteiger partial charge in [0, 0.05) is 23.1 Å². The zero-order valence-electron chi connectivity index (χ0n) is 18.1. The van der Waals surface area contributed by atoms with Gasteiger partial charge in [0.1, 0.15) is 11.5 Å². The summed E-state index contributed by atoms with van der Waals surface area (Å²) in [5, 5.41) is 4.26. The number of hydrogen-bond acceptors (Lipinski definition) is 3. The Bertz CT molecular complexity index is 1260. The second-order valence-corrected chi connectivity index (χ2v) is 7.81. The zero-order valence-corrected chi connectivity index (χ0v) is 18.1. The van der Waals surface area contributed by atoms with Crippen molar-refractivity contribution in [3.63, 3.8) is 0 Å². The van der Waals surface area contributed by atoms with Gasteiger partial charge in [-0.25, -0.2) is 4.79 Å². The minimum absolute atomic E-state index is 0.167. The smallest absolute Gasteiger partial charge is 0.322 e. The summed E-state index contributed by atoms with van der Waals surface area (Å²) in [5.41, 5.74) is 5.08. The van der Waals surface area contributed by atoms with E-state index in [1.54, 1.807) is 14.2 Å². The molecule has 2 heterocycles. The van der Waals surface area contributed by atoms with E-state index in [1.807, 2.05) is 59.5 Å².